The largest absolute Gasteiger partial charge is 0.492 e. The van der Waals surface area contributed by atoms with Gasteiger partial charge in [-0.3, -0.25) is 4.79 Å². The molecule has 26 heavy (non-hydrogen) atoms. The Morgan fingerprint density at radius 1 is 1.08 bits per heavy atom. The van der Waals surface area contributed by atoms with Crippen LogP contribution in [0.25, 0.3) is 0 Å². The van der Waals surface area contributed by atoms with E-state index in [4.69, 9.17) is 14.2 Å². The molecular formula is C18H14F4O4. The van der Waals surface area contributed by atoms with Crippen molar-refractivity contribution in [1.29, 1.82) is 0 Å². The van der Waals surface area contributed by atoms with Crippen LogP contribution in [0.1, 0.15) is 34.0 Å². The molecule has 3 rings (SSSR count). The molecule has 1 atom stereocenters. The minimum atomic E-state index is -4.73. The van der Waals surface area contributed by atoms with Crippen LogP contribution in [-0.4, -0.2) is 20.0 Å². The third-order valence-electron chi connectivity index (χ3n) is 4.07. The summed E-state index contributed by atoms with van der Waals surface area (Å²) in [6.45, 7) is 0. The fourth-order valence-electron chi connectivity index (χ4n) is 2.91. The lowest BCUT2D eigenvalue weighted by Crippen LogP contribution is -2.22. The molecule has 1 heterocycles. The van der Waals surface area contributed by atoms with E-state index in [-0.39, 0.29) is 23.5 Å². The van der Waals surface area contributed by atoms with Crippen LogP contribution in [0.3, 0.4) is 0 Å². The molecule has 0 bridgehead atoms. The van der Waals surface area contributed by atoms with Gasteiger partial charge in [-0.05, 0) is 23.8 Å². The predicted octanol–water partition coefficient (Wildman–Crippen LogP) is 4.57. The minimum absolute atomic E-state index is 0.101. The third kappa shape index (κ3) is 3.07. The molecule has 0 saturated heterocycles. The highest BCUT2D eigenvalue weighted by atomic mass is 19.4. The van der Waals surface area contributed by atoms with Crippen LogP contribution in [0.5, 0.6) is 17.2 Å². The Bertz CT molecular complexity index is 844. The van der Waals surface area contributed by atoms with Crippen LogP contribution in [0.15, 0.2) is 30.3 Å². The zero-order valence-corrected chi connectivity index (χ0v) is 13.8. The normalized spacial score (nSPS) is 16.7. The van der Waals surface area contributed by atoms with Gasteiger partial charge in [-0.15, -0.1) is 0 Å². The Morgan fingerprint density at radius 3 is 2.23 bits per heavy atom. The molecule has 0 N–H and O–H groups in total. The van der Waals surface area contributed by atoms with Gasteiger partial charge in [0, 0.05) is 0 Å². The lowest BCUT2D eigenvalue weighted by atomic mass is 9.94. The number of fused-ring (bicyclic) bond motifs is 1. The number of benzene rings is 2. The van der Waals surface area contributed by atoms with E-state index in [1.54, 1.807) is 0 Å². The van der Waals surface area contributed by atoms with Crippen molar-refractivity contribution < 1.29 is 36.6 Å². The first-order chi connectivity index (χ1) is 12.3. The van der Waals surface area contributed by atoms with Crippen LogP contribution in [-0.2, 0) is 6.18 Å². The van der Waals surface area contributed by atoms with Gasteiger partial charge in [-0.25, -0.2) is 4.39 Å². The Balaban J connectivity index is 2.13. The molecule has 0 fully saturated rings. The molecule has 138 valence electrons. The zero-order chi connectivity index (χ0) is 19.1. The highest BCUT2D eigenvalue weighted by molar-refractivity contribution is 6.03. The number of ether oxygens (including phenoxy) is 3. The van der Waals surface area contributed by atoms with Gasteiger partial charge in [0.25, 0.3) is 0 Å². The highest BCUT2D eigenvalue weighted by Crippen LogP contribution is 2.50. The fraction of sp³-hybridized carbons (Fsp3) is 0.278. The van der Waals surface area contributed by atoms with Gasteiger partial charge in [0.1, 0.15) is 28.8 Å². The molecule has 2 aromatic carbocycles. The smallest absolute Gasteiger partial charge is 0.420 e. The maximum Gasteiger partial charge on any atom is 0.420 e. The molecule has 1 aliphatic rings. The summed E-state index contributed by atoms with van der Waals surface area (Å²) in [6.07, 6.45) is -5.68. The molecule has 0 spiro atoms. The average molecular weight is 370 g/mol. The number of methoxy groups -OCH3 is 2. The van der Waals surface area contributed by atoms with Crippen molar-refractivity contribution in [3.05, 3.63) is 52.8 Å². The summed E-state index contributed by atoms with van der Waals surface area (Å²) >= 11 is 0. The van der Waals surface area contributed by atoms with Gasteiger partial charge in [-0.1, -0.05) is 12.1 Å². The van der Waals surface area contributed by atoms with E-state index >= 15 is 0 Å². The Kier molecular flexibility index (Phi) is 4.52. The maximum atomic E-state index is 13.4. The highest BCUT2D eigenvalue weighted by Gasteiger charge is 2.41. The molecule has 0 amide bonds. The first-order valence-corrected chi connectivity index (χ1v) is 7.57. The summed E-state index contributed by atoms with van der Waals surface area (Å²) in [5.41, 5.74) is -0.729. The number of halogens is 4. The van der Waals surface area contributed by atoms with Gasteiger partial charge >= 0.3 is 6.18 Å². The molecule has 0 aliphatic carbocycles. The lowest BCUT2D eigenvalue weighted by molar-refractivity contribution is -0.139. The summed E-state index contributed by atoms with van der Waals surface area (Å²) in [7, 11) is 2.21. The van der Waals surface area contributed by atoms with Gasteiger partial charge in [0.2, 0.25) is 0 Å². The summed E-state index contributed by atoms with van der Waals surface area (Å²) in [5.74, 6) is -2.07. The number of carbonyl (C=O) groups is 1. The Labute approximate surface area is 146 Å². The second-order valence-electron chi connectivity index (χ2n) is 5.65. The van der Waals surface area contributed by atoms with E-state index in [0.29, 0.717) is 5.56 Å². The van der Waals surface area contributed by atoms with E-state index in [2.05, 4.69) is 0 Å². The van der Waals surface area contributed by atoms with Crippen molar-refractivity contribution in [2.45, 2.75) is 18.7 Å². The molecule has 0 aromatic heterocycles. The van der Waals surface area contributed by atoms with E-state index in [0.717, 1.165) is 20.3 Å². The van der Waals surface area contributed by atoms with E-state index < -0.39 is 35.2 Å². The Hall–Kier alpha value is -2.77. The summed E-state index contributed by atoms with van der Waals surface area (Å²) in [6, 6.07) is 5.94. The average Bonchev–Trinajstić information content (AvgIpc) is 2.59. The van der Waals surface area contributed by atoms with Gasteiger partial charge in [-0.2, -0.15) is 13.2 Å². The predicted molar refractivity (Wildman–Crippen MR) is 83.3 cm³/mol. The van der Waals surface area contributed by atoms with Crippen molar-refractivity contribution in [1.82, 2.24) is 0 Å². The molecule has 1 unspecified atom stereocenters. The monoisotopic (exact) mass is 370 g/mol. The lowest BCUT2D eigenvalue weighted by Gasteiger charge is -2.28. The topological polar surface area (TPSA) is 44.8 Å². The first kappa shape index (κ1) is 18.0. The second kappa shape index (κ2) is 6.51. The van der Waals surface area contributed by atoms with Crippen molar-refractivity contribution in [2.75, 3.05) is 14.2 Å². The molecule has 8 heteroatoms. The van der Waals surface area contributed by atoms with Crippen LogP contribution in [0.2, 0.25) is 0 Å². The zero-order valence-electron chi connectivity index (χ0n) is 13.8. The number of hydrogen-bond donors (Lipinski definition) is 0. The van der Waals surface area contributed by atoms with Crippen LogP contribution < -0.4 is 14.2 Å². The second-order valence-corrected chi connectivity index (χ2v) is 5.65. The number of carbonyl (C=O) groups excluding carboxylic acids is 1. The van der Waals surface area contributed by atoms with Crippen LogP contribution in [0, 0.1) is 5.82 Å². The van der Waals surface area contributed by atoms with E-state index in [9.17, 15) is 22.4 Å². The van der Waals surface area contributed by atoms with Gasteiger partial charge < -0.3 is 14.2 Å². The number of ketones is 1. The number of rotatable bonds is 3. The summed E-state index contributed by atoms with van der Waals surface area (Å²) in [5, 5.41) is 0. The standard InChI is InChI=1S/C18H14F4O4/c1-24-16-11(18(20,21)22)7-14-15(17(16)25-2)12(23)8-13(26-14)9-3-5-10(19)6-4-9/h3-7,13H,8H2,1-2H3. The molecule has 0 radical (unpaired) electrons. The first-order valence-electron chi connectivity index (χ1n) is 7.57. The molecule has 4 nitrogen and oxygen atoms in total. The molecule has 1 aliphatic heterocycles. The van der Waals surface area contributed by atoms with Gasteiger partial charge in [0.15, 0.2) is 17.3 Å². The van der Waals surface area contributed by atoms with E-state index in [1.807, 2.05) is 0 Å². The van der Waals surface area contributed by atoms with Gasteiger partial charge in [0.05, 0.1) is 20.6 Å². The maximum absolute atomic E-state index is 13.4. The van der Waals surface area contributed by atoms with E-state index in [1.165, 1.54) is 24.3 Å². The molecule has 2 aromatic rings. The molecule has 0 saturated carbocycles. The number of hydrogen-bond acceptors (Lipinski definition) is 4. The molecular weight excluding hydrogens is 356 g/mol. The SMILES string of the molecule is COc1c(C(F)(F)F)cc2c(c1OC)C(=O)CC(c1ccc(F)cc1)O2. The van der Waals surface area contributed by atoms with Crippen LogP contribution >= 0.6 is 0 Å². The van der Waals surface area contributed by atoms with Crippen molar-refractivity contribution in [3.63, 3.8) is 0 Å². The summed E-state index contributed by atoms with van der Waals surface area (Å²) in [4.78, 5) is 12.6. The third-order valence-corrected chi connectivity index (χ3v) is 4.07. The number of Topliss-reactive ketones (excluding diaryl/α,β-unsaturated/α-hetero) is 1. The van der Waals surface area contributed by atoms with Crippen molar-refractivity contribution in [3.8, 4) is 17.2 Å². The summed E-state index contributed by atoms with van der Waals surface area (Å²) < 4.78 is 68.7. The van der Waals surface area contributed by atoms with Crippen molar-refractivity contribution in [2.24, 2.45) is 0 Å². The fourth-order valence-corrected chi connectivity index (χ4v) is 2.91. The quantitative estimate of drug-likeness (QED) is 0.743. The Morgan fingerprint density at radius 2 is 1.69 bits per heavy atom. The minimum Gasteiger partial charge on any atom is -0.492 e. The van der Waals surface area contributed by atoms with Crippen molar-refractivity contribution >= 4 is 5.78 Å². The number of alkyl halides is 3. The van der Waals surface area contributed by atoms with Crippen LogP contribution in [0.4, 0.5) is 17.6 Å².